The maximum atomic E-state index is 10.8. The van der Waals surface area contributed by atoms with Crippen LogP contribution in [0.15, 0.2) is 24.5 Å². The van der Waals surface area contributed by atoms with Crippen molar-refractivity contribution in [1.29, 1.82) is 0 Å². The Labute approximate surface area is 90.8 Å². The highest BCUT2D eigenvalue weighted by molar-refractivity contribution is 8.12. The molecule has 0 atom stereocenters. The van der Waals surface area contributed by atoms with Crippen molar-refractivity contribution in [3.05, 3.63) is 30.1 Å². The molecule has 0 fully saturated rings. The zero-order valence-electron chi connectivity index (χ0n) is 7.38. The van der Waals surface area contributed by atoms with Gasteiger partial charge >= 0.3 is 15.3 Å². The van der Waals surface area contributed by atoms with Crippen LogP contribution in [-0.2, 0) is 20.6 Å². The number of halogens is 1. The van der Waals surface area contributed by atoms with E-state index in [4.69, 9.17) is 10.7 Å². The Morgan fingerprint density at radius 1 is 1.47 bits per heavy atom. The zero-order chi connectivity index (χ0) is 11.3. The van der Waals surface area contributed by atoms with Crippen LogP contribution in [0.25, 0.3) is 0 Å². The van der Waals surface area contributed by atoms with E-state index in [1.165, 1.54) is 17.1 Å². The molecule has 0 unspecified atom stereocenters. The summed E-state index contributed by atoms with van der Waals surface area (Å²) in [5.74, 6) is 0. The molecule has 1 heterocycles. The van der Waals surface area contributed by atoms with Gasteiger partial charge in [-0.2, -0.15) is 8.42 Å². The molecule has 0 saturated carbocycles. The van der Waals surface area contributed by atoms with Gasteiger partial charge in [-0.15, -0.1) is 0 Å². The number of pyridine rings is 1. The summed E-state index contributed by atoms with van der Waals surface area (Å²) in [5, 5.41) is 0. The lowest BCUT2D eigenvalue weighted by Gasteiger charge is -2.03. The van der Waals surface area contributed by atoms with Crippen molar-refractivity contribution in [2.24, 2.45) is 0 Å². The van der Waals surface area contributed by atoms with Gasteiger partial charge in [0, 0.05) is 23.1 Å². The molecule has 6 nitrogen and oxygen atoms in total. The van der Waals surface area contributed by atoms with Crippen LogP contribution in [0.4, 0.5) is 4.79 Å². The molecule has 1 N–H and O–H groups in total. The number of aromatic nitrogens is 1. The van der Waals surface area contributed by atoms with Gasteiger partial charge in [-0.05, 0) is 17.7 Å². The van der Waals surface area contributed by atoms with Gasteiger partial charge in [0.15, 0.2) is 0 Å². The van der Waals surface area contributed by atoms with Gasteiger partial charge in [-0.25, -0.2) is 9.52 Å². The molecule has 1 aromatic heterocycles. The summed E-state index contributed by atoms with van der Waals surface area (Å²) in [6.07, 6.45) is 1.92. The largest absolute Gasteiger partial charge is 0.444 e. The Morgan fingerprint density at radius 3 is 2.60 bits per heavy atom. The van der Waals surface area contributed by atoms with Gasteiger partial charge in [0.05, 0.1) is 0 Å². The average Bonchev–Trinajstić information content (AvgIpc) is 2.14. The van der Waals surface area contributed by atoms with E-state index < -0.39 is 15.3 Å². The Balaban J connectivity index is 2.42. The third-order valence-electron chi connectivity index (χ3n) is 1.32. The summed E-state index contributed by atoms with van der Waals surface area (Å²) in [7, 11) is 0.668. The zero-order valence-corrected chi connectivity index (χ0v) is 8.96. The fraction of sp³-hybridized carbons (Fsp3) is 0.143. The quantitative estimate of drug-likeness (QED) is 0.802. The third-order valence-corrected chi connectivity index (χ3v) is 1.97. The molecule has 0 radical (unpaired) electrons. The van der Waals surface area contributed by atoms with Gasteiger partial charge in [0.25, 0.3) is 0 Å². The highest BCUT2D eigenvalue weighted by atomic mass is 35.7. The van der Waals surface area contributed by atoms with Crippen molar-refractivity contribution in [2.45, 2.75) is 6.61 Å². The lowest BCUT2D eigenvalue weighted by atomic mass is 10.3. The molecule has 8 heteroatoms. The Morgan fingerprint density at radius 2 is 2.07 bits per heavy atom. The molecule has 0 spiro atoms. The number of nitrogens with one attached hydrogen (secondary N) is 1. The molecular formula is C7H7ClN2O4S. The van der Waals surface area contributed by atoms with Crippen LogP contribution in [0.5, 0.6) is 0 Å². The number of ether oxygens (including phenoxy) is 1. The van der Waals surface area contributed by atoms with E-state index in [2.05, 4.69) is 9.72 Å². The number of carbonyl (C=O) groups excluding carboxylic acids is 1. The van der Waals surface area contributed by atoms with E-state index in [9.17, 15) is 13.2 Å². The van der Waals surface area contributed by atoms with E-state index in [0.717, 1.165) is 0 Å². The average molecular weight is 251 g/mol. The van der Waals surface area contributed by atoms with E-state index >= 15 is 0 Å². The van der Waals surface area contributed by atoms with E-state index in [-0.39, 0.29) is 6.61 Å². The summed E-state index contributed by atoms with van der Waals surface area (Å²) in [6, 6.07) is 3.25. The van der Waals surface area contributed by atoms with Crippen LogP contribution in [0.1, 0.15) is 5.56 Å². The van der Waals surface area contributed by atoms with Gasteiger partial charge in [0.2, 0.25) is 0 Å². The van der Waals surface area contributed by atoms with E-state index in [1.54, 1.807) is 12.1 Å². The summed E-state index contributed by atoms with van der Waals surface area (Å²) < 4.78 is 26.8. The molecule has 0 aliphatic rings. The maximum absolute atomic E-state index is 10.8. The van der Waals surface area contributed by atoms with Crippen molar-refractivity contribution in [3.63, 3.8) is 0 Å². The molecule has 82 valence electrons. The Bertz CT molecular complexity index is 434. The van der Waals surface area contributed by atoms with Crippen molar-refractivity contribution in [1.82, 2.24) is 9.71 Å². The first-order valence-electron chi connectivity index (χ1n) is 3.75. The Hall–Kier alpha value is -1.34. The van der Waals surface area contributed by atoms with Gasteiger partial charge in [0.1, 0.15) is 6.61 Å². The summed E-state index contributed by atoms with van der Waals surface area (Å²) in [4.78, 5) is 14.6. The predicted molar refractivity (Wildman–Crippen MR) is 52.3 cm³/mol. The standard InChI is InChI=1S/C7H7ClN2O4S/c8-15(12,13)10-7(11)14-5-6-1-3-9-4-2-6/h1-4H,5H2,(H,10,11). The number of hydrogen-bond donors (Lipinski definition) is 1. The second-order valence-corrected chi connectivity index (χ2v) is 4.77. The first-order valence-corrected chi connectivity index (χ1v) is 6.06. The molecule has 15 heavy (non-hydrogen) atoms. The second-order valence-electron chi connectivity index (χ2n) is 2.47. The first-order chi connectivity index (χ1) is 6.97. The highest BCUT2D eigenvalue weighted by Crippen LogP contribution is 1.99. The van der Waals surface area contributed by atoms with Crippen LogP contribution in [0.3, 0.4) is 0 Å². The Kier molecular flexibility index (Phi) is 3.87. The normalized spacial score (nSPS) is 10.7. The van der Waals surface area contributed by atoms with Crippen LogP contribution in [0.2, 0.25) is 0 Å². The smallest absolute Gasteiger partial charge is 0.422 e. The van der Waals surface area contributed by atoms with Crippen LogP contribution < -0.4 is 4.72 Å². The fourth-order valence-corrected chi connectivity index (χ4v) is 1.20. The predicted octanol–water partition coefficient (Wildman–Crippen LogP) is 0.791. The van der Waals surface area contributed by atoms with Gasteiger partial charge in [-0.3, -0.25) is 4.98 Å². The fourth-order valence-electron chi connectivity index (χ4n) is 0.757. The van der Waals surface area contributed by atoms with Crippen molar-refractivity contribution in [3.8, 4) is 0 Å². The van der Waals surface area contributed by atoms with E-state index in [0.29, 0.717) is 5.56 Å². The monoisotopic (exact) mass is 250 g/mol. The highest BCUT2D eigenvalue weighted by Gasteiger charge is 2.11. The topological polar surface area (TPSA) is 85.4 Å². The number of hydrogen-bond acceptors (Lipinski definition) is 5. The second kappa shape index (κ2) is 4.94. The lowest BCUT2D eigenvalue weighted by Crippen LogP contribution is -2.27. The molecule has 1 aromatic rings. The summed E-state index contributed by atoms with van der Waals surface area (Å²) >= 11 is 0. The minimum atomic E-state index is -4.09. The minimum Gasteiger partial charge on any atom is -0.444 e. The first kappa shape index (κ1) is 11.7. The molecule has 0 aromatic carbocycles. The number of nitrogens with zero attached hydrogens (tertiary/aromatic N) is 1. The van der Waals surface area contributed by atoms with Gasteiger partial charge < -0.3 is 4.74 Å². The molecule has 1 amide bonds. The molecular weight excluding hydrogens is 244 g/mol. The molecule has 1 rings (SSSR count). The molecule has 0 saturated heterocycles. The third kappa shape index (κ3) is 5.18. The molecule has 0 aliphatic heterocycles. The summed E-state index contributed by atoms with van der Waals surface area (Å²) in [6.45, 7) is -0.0548. The number of amides is 1. The van der Waals surface area contributed by atoms with Crippen molar-refractivity contribution in [2.75, 3.05) is 0 Å². The SMILES string of the molecule is O=C(NS(=O)(=O)Cl)OCc1ccncc1. The number of carbonyl (C=O) groups is 1. The minimum absolute atomic E-state index is 0.0548. The van der Waals surface area contributed by atoms with Crippen molar-refractivity contribution >= 4 is 26.0 Å². The lowest BCUT2D eigenvalue weighted by molar-refractivity contribution is 0.146. The maximum Gasteiger partial charge on any atom is 0.422 e. The van der Waals surface area contributed by atoms with E-state index in [1.807, 2.05) is 0 Å². The summed E-state index contributed by atoms with van der Waals surface area (Å²) in [5.41, 5.74) is 0.687. The van der Waals surface area contributed by atoms with Crippen LogP contribution >= 0.6 is 10.7 Å². The van der Waals surface area contributed by atoms with Gasteiger partial charge in [-0.1, -0.05) is 0 Å². The van der Waals surface area contributed by atoms with Crippen LogP contribution in [0, 0.1) is 0 Å². The number of rotatable bonds is 3. The molecule has 0 bridgehead atoms. The molecule has 0 aliphatic carbocycles. The van der Waals surface area contributed by atoms with Crippen LogP contribution in [-0.4, -0.2) is 19.5 Å². The van der Waals surface area contributed by atoms with Crippen molar-refractivity contribution < 1.29 is 17.9 Å².